The SMILES string of the molecule is CC[N+](CC)(CC)CCC[n+]1ccc(C=Cc2c(F)c(F)c(N(C)C)c(F)c2F)cc1. The van der Waals surface area contributed by atoms with Gasteiger partial charge in [-0.2, -0.15) is 0 Å². The molecule has 31 heavy (non-hydrogen) atoms. The summed E-state index contributed by atoms with van der Waals surface area (Å²) in [5.41, 5.74) is -0.789. The van der Waals surface area contributed by atoms with Gasteiger partial charge in [-0.1, -0.05) is 6.08 Å². The summed E-state index contributed by atoms with van der Waals surface area (Å²) in [5.74, 6) is -5.63. The number of aryl methyl sites for hydroxylation is 1. The summed E-state index contributed by atoms with van der Waals surface area (Å²) in [6.07, 6.45) is 7.32. The van der Waals surface area contributed by atoms with Gasteiger partial charge in [0.25, 0.3) is 0 Å². The average molecular weight is 440 g/mol. The van der Waals surface area contributed by atoms with Gasteiger partial charge < -0.3 is 9.38 Å². The van der Waals surface area contributed by atoms with Gasteiger partial charge >= 0.3 is 0 Å². The molecule has 0 aliphatic rings. The van der Waals surface area contributed by atoms with Crippen molar-refractivity contribution in [1.29, 1.82) is 0 Å². The predicted molar refractivity (Wildman–Crippen MR) is 118 cm³/mol. The molecule has 0 spiro atoms. The van der Waals surface area contributed by atoms with E-state index >= 15 is 0 Å². The first-order valence-electron chi connectivity index (χ1n) is 10.7. The Morgan fingerprint density at radius 3 is 1.81 bits per heavy atom. The largest absolute Gasteiger partial charge is 0.373 e. The van der Waals surface area contributed by atoms with Gasteiger partial charge in [-0.25, -0.2) is 22.1 Å². The van der Waals surface area contributed by atoms with Crippen LogP contribution in [0.25, 0.3) is 12.2 Å². The molecule has 3 nitrogen and oxygen atoms in total. The lowest BCUT2D eigenvalue weighted by atomic mass is 10.1. The van der Waals surface area contributed by atoms with Crippen molar-refractivity contribution >= 4 is 17.8 Å². The van der Waals surface area contributed by atoms with Crippen molar-refractivity contribution in [3.8, 4) is 0 Å². The van der Waals surface area contributed by atoms with Crippen LogP contribution in [0.2, 0.25) is 0 Å². The second kappa shape index (κ2) is 10.8. The molecule has 1 heterocycles. The molecule has 0 N–H and O–H groups in total. The lowest BCUT2D eigenvalue weighted by Gasteiger charge is -2.35. The number of hydrogen-bond donors (Lipinski definition) is 0. The van der Waals surface area contributed by atoms with Gasteiger partial charge in [0.2, 0.25) is 0 Å². The molecule has 0 aliphatic heterocycles. The van der Waals surface area contributed by atoms with Crippen molar-refractivity contribution in [3.63, 3.8) is 0 Å². The number of quaternary nitrogens is 1. The summed E-state index contributed by atoms with van der Waals surface area (Å²) in [7, 11) is 2.64. The van der Waals surface area contributed by atoms with Crippen molar-refractivity contribution in [2.45, 2.75) is 33.7 Å². The molecule has 7 heteroatoms. The van der Waals surface area contributed by atoms with Crippen LogP contribution in [0.5, 0.6) is 0 Å². The summed E-state index contributed by atoms with van der Waals surface area (Å²) in [4.78, 5) is 1.00. The molecule has 0 saturated heterocycles. The van der Waals surface area contributed by atoms with E-state index in [0.717, 1.165) is 54.6 Å². The minimum Gasteiger partial charge on any atom is -0.373 e. The number of rotatable bonds is 10. The lowest BCUT2D eigenvalue weighted by Crippen LogP contribution is -2.49. The third kappa shape index (κ3) is 5.64. The highest BCUT2D eigenvalue weighted by Gasteiger charge is 2.25. The molecular weight excluding hydrogens is 406 g/mol. The highest BCUT2D eigenvalue weighted by molar-refractivity contribution is 5.71. The quantitative estimate of drug-likeness (QED) is 0.218. The lowest BCUT2D eigenvalue weighted by molar-refractivity contribution is -0.925. The first kappa shape index (κ1) is 24.9. The normalized spacial score (nSPS) is 12.0. The number of halogens is 4. The highest BCUT2D eigenvalue weighted by Crippen LogP contribution is 2.30. The van der Waals surface area contributed by atoms with E-state index in [-0.39, 0.29) is 0 Å². The molecule has 0 bridgehead atoms. The molecule has 0 amide bonds. The van der Waals surface area contributed by atoms with Crippen molar-refractivity contribution in [3.05, 3.63) is 58.9 Å². The first-order chi connectivity index (χ1) is 14.7. The van der Waals surface area contributed by atoms with Crippen LogP contribution in [0.3, 0.4) is 0 Å². The van der Waals surface area contributed by atoms with Crippen LogP contribution in [-0.4, -0.2) is 44.8 Å². The van der Waals surface area contributed by atoms with Crippen LogP contribution in [0.15, 0.2) is 24.5 Å². The molecule has 0 fully saturated rings. The van der Waals surface area contributed by atoms with Crippen LogP contribution in [-0.2, 0) is 6.54 Å². The van der Waals surface area contributed by atoms with Crippen molar-refractivity contribution in [2.75, 3.05) is 45.2 Å². The molecule has 2 aromatic rings. The van der Waals surface area contributed by atoms with Crippen LogP contribution in [0, 0.1) is 23.3 Å². The Kier molecular flexibility index (Phi) is 8.62. The summed E-state index contributed by atoms with van der Waals surface area (Å²) in [6, 6.07) is 3.60. The molecule has 0 unspecified atom stereocenters. The average Bonchev–Trinajstić information content (AvgIpc) is 2.76. The maximum atomic E-state index is 14.3. The second-order valence-corrected chi connectivity index (χ2v) is 7.98. The van der Waals surface area contributed by atoms with Gasteiger partial charge in [0.15, 0.2) is 42.2 Å². The van der Waals surface area contributed by atoms with Crippen LogP contribution in [0.1, 0.15) is 38.3 Å². The minimum atomic E-state index is -1.41. The van der Waals surface area contributed by atoms with Crippen LogP contribution >= 0.6 is 0 Å². The van der Waals surface area contributed by atoms with E-state index in [4.69, 9.17) is 0 Å². The molecule has 2 rings (SSSR count). The second-order valence-electron chi connectivity index (χ2n) is 7.98. The number of nitrogens with zero attached hydrogens (tertiary/aromatic N) is 3. The maximum Gasteiger partial charge on any atom is 0.185 e. The highest BCUT2D eigenvalue weighted by atomic mass is 19.2. The Morgan fingerprint density at radius 1 is 0.839 bits per heavy atom. The van der Waals surface area contributed by atoms with Gasteiger partial charge in [-0.3, -0.25) is 0 Å². The Bertz CT molecular complexity index is 867. The molecule has 0 atom stereocenters. The fourth-order valence-corrected chi connectivity index (χ4v) is 3.82. The Morgan fingerprint density at radius 2 is 1.35 bits per heavy atom. The van der Waals surface area contributed by atoms with E-state index in [1.165, 1.54) is 20.2 Å². The number of anilines is 1. The summed E-state index contributed by atoms with van der Waals surface area (Å²) in [5, 5.41) is 0. The van der Waals surface area contributed by atoms with E-state index < -0.39 is 34.5 Å². The standard InChI is InChI=1S/C24H33F4N3/c1-6-31(7-2,8-3)17-9-14-30-15-12-18(13-16-30)10-11-19-20(25)22(27)24(29(4)5)23(28)21(19)26/h10-13,15-16H,6-9,14,17H2,1-5H3/q+2. The first-order valence-corrected chi connectivity index (χ1v) is 10.7. The zero-order valence-electron chi connectivity index (χ0n) is 19.1. The summed E-state index contributed by atoms with van der Waals surface area (Å²) in [6.45, 7) is 12.0. The van der Waals surface area contributed by atoms with E-state index in [1.807, 2.05) is 12.4 Å². The third-order valence-electron chi connectivity index (χ3n) is 6.14. The fourth-order valence-electron chi connectivity index (χ4n) is 3.82. The molecule has 0 saturated carbocycles. The van der Waals surface area contributed by atoms with Gasteiger partial charge in [0.1, 0.15) is 5.69 Å². The third-order valence-corrected chi connectivity index (χ3v) is 6.14. The van der Waals surface area contributed by atoms with Crippen molar-refractivity contribution in [1.82, 2.24) is 0 Å². The van der Waals surface area contributed by atoms with E-state index in [1.54, 1.807) is 12.1 Å². The Labute approximate surface area is 182 Å². The molecule has 0 radical (unpaired) electrons. The molecule has 1 aromatic carbocycles. The topological polar surface area (TPSA) is 7.12 Å². The van der Waals surface area contributed by atoms with Gasteiger partial charge in [0, 0.05) is 26.2 Å². The number of aromatic nitrogens is 1. The van der Waals surface area contributed by atoms with Gasteiger partial charge in [-0.15, -0.1) is 0 Å². The number of hydrogen-bond acceptors (Lipinski definition) is 1. The molecule has 170 valence electrons. The zero-order chi connectivity index (χ0) is 23.2. The van der Waals surface area contributed by atoms with E-state index in [9.17, 15) is 17.6 Å². The fraction of sp³-hybridized carbons (Fsp3) is 0.458. The van der Waals surface area contributed by atoms with Gasteiger partial charge in [-0.05, 0) is 32.4 Å². The molecule has 1 aromatic heterocycles. The molecular formula is C24H33F4N3+2. The number of pyridine rings is 1. The van der Waals surface area contributed by atoms with Crippen LogP contribution in [0.4, 0.5) is 23.2 Å². The predicted octanol–water partition coefficient (Wildman–Crippen LogP) is 5.03. The summed E-state index contributed by atoms with van der Waals surface area (Å²) < 4.78 is 60.0. The molecule has 0 aliphatic carbocycles. The van der Waals surface area contributed by atoms with Crippen molar-refractivity contribution < 1.29 is 26.6 Å². The number of benzene rings is 1. The zero-order valence-corrected chi connectivity index (χ0v) is 19.1. The summed E-state index contributed by atoms with van der Waals surface area (Å²) >= 11 is 0. The minimum absolute atomic E-state index is 0.674. The van der Waals surface area contributed by atoms with E-state index in [0.29, 0.717) is 5.56 Å². The Balaban J connectivity index is 2.12. The van der Waals surface area contributed by atoms with E-state index in [2.05, 4.69) is 25.3 Å². The monoisotopic (exact) mass is 439 g/mol. The van der Waals surface area contributed by atoms with Gasteiger partial charge in [0.05, 0.1) is 38.2 Å². The van der Waals surface area contributed by atoms with Crippen LogP contribution < -0.4 is 9.47 Å². The van der Waals surface area contributed by atoms with Crippen molar-refractivity contribution in [2.24, 2.45) is 0 Å². The maximum absolute atomic E-state index is 14.3. The Hall–Kier alpha value is -2.41. The smallest absolute Gasteiger partial charge is 0.185 e.